The van der Waals surface area contributed by atoms with Crippen LogP contribution in [0.3, 0.4) is 0 Å². The van der Waals surface area contributed by atoms with Crippen LogP contribution in [0.4, 0.5) is 4.39 Å². The predicted octanol–water partition coefficient (Wildman–Crippen LogP) is 2.68. The summed E-state index contributed by atoms with van der Waals surface area (Å²) in [5.74, 6) is -0.569. The van der Waals surface area contributed by atoms with Crippen molar-refractivity contribution < 1.29 is 9.18 Å². The molecule has 0 aliphatic heterocycles. The van der Waals surface area contributed by atoms with Crippen LogP contribution in [0.5, 0.6) is 0 Å². The lowest BCUT2D eigenvalue weighted by Gasteiger charge is -2.39. The number of carbonyl (C=O) groups excluding carboxylic acids is 1. The lowest BCUT2D eigenvalue weighted by atomic mass is 9.78. The van der Waals surface area contributed by atoms with Crippen LogP contribution in [-0.2, 0) is 0 Å². The van der Waals surface area contributed by atoms with E-state index < -0.39 is 5.82 Å². The van der Waals surface area contributed by atoms with Crippen molar-refractivity contribution in [2.75, 3.05) is 0 Å². The summed E-state index contributed by atoms with van der Waals surface area (Å²) in [6.07, 6.45) is 6.34. The molecule has 1 amide bonds. The van der Waals surface area contributed by atoms with Gasteiger partial charge in [-0.25, -0.2) is 9.07 Å². The van der Waals surface area contributed by atoms with Crippen molar-refractivity contribution >= 4 is 5.91 Å². The van der Waals surface area contributed by atoms with Gasteiger partial charge in [0.1, 0.15) is 11.5 Å². The molecule has 20 heavy (non-hydrogen) atoms. The fourth-order valence-electron chi connectivity index (χ4n) is 2.42. The summed E-state index contributed by atoms with van der Waals surface area (Å²) in [6.45, 7) is 2.03. The molecular weight excluding hydrogens is 257 g/mol. The summed E-state index contributed by atoms with van der Waals surface area (Å²) in [6, 6.07) is 6.04. The van der Waals surface area contributed by atoms with Gasteiger partial charge in [-0.3, -0.25) is 4.79 Å². The van der Waals surface area contributed by atoms with Crippen LogP contribution >= 0.6 is 0 Å². The van der Waals surface area contributed by atoms with Gasteiger partial charge in [-0.2, -0.15) is 5.10 Å². The Morgan fingerprint density at radius 1 is 1.45 bits per heavy atom. The van der Waals surface area contributed by atoms with Crippen LogP contribution in [0.2, 0.25) is 0 Å². The standard InChI is InChI=1S/C15H16FN3O/c1-15(6-2-7-15)18-14(20)11-4-5-12(16)13(10-11)19-9-3-8-17-19/h3-5,8-10H,2,6-7H2,1H3,(H,18,20). The molecule has 1 aromatic carbocycles. The molecule has 1 saturated carbocycles. The Morgan fingerprint density at radius 3 is 2.85 bits per heavy atom. The van der Waals surface area contributed by atoms with Crippen molar-refractivity contribution in [2.24, 2.45) is 0 Å². The third-order valence-electron chi connectivity index (χ3n) is 3.83. The molecular formula is C15H16FN3O. The van der Waals surface area contributed by atoms with Gasteiger partial charge in [-0.05, 0) is 50.5 Å². The van der Waals surface area contributed by atoms with E-state index in [1.165, 1.54) is 22.9 Å². The van der Waals surface area contributed by atoms with Crippen LogP contribution in [0.1, 0.15) is 36.5 Å². The smallest absolute Gasteiger partial charge is 0.251 e. The fraction of sp³-hybridized carbons (Fsp3) is 0.333. The number of rotatable bonds is 3. The minimum Gasteiger partial charge on any atom is -0.347 e. The van der Waals surface area contributed by atoms with Gasteiger partial charge in [0, 0.05) is 23.5 Å². The molecule has 1 fully saturated rings. The maximum absolute atomic E-state index is 13.8. The number of hydrogen-bond acceptors (Lipinski definition) is 2. The van der Waals surface area contributed by atoms with Gasteiger partial charge in [0.25, 0.3) is 5.91 Å². The van der Waals surface area contributed by atoms with E-state index in [4.69, 9.17) is 0 Å². The number of halogens is 1. The Hall–Kier alpha value is -2.17. The Morgan fingerprint density at radius 2 is 2.25 bits per heavy atom. The highest BCUT2D eigenvalue weighted by Gasteiger charge is 2.33. The topological polar surface area (TPSA) is 46.9 Å². The second-order valence-electron chi connectivity index (χ2n) is 5.49. The molecule has 0 atom stereocenters. The number of nitrogens with one attached hydrogen (secondary N) is 1. The molecule has 4 nitrogen and oxygen atoms in total. The van der Waals surface area contributed by atoms with E-state index in [0.717, 1.165) is 19.3 Å². The maximum atomic E-state index is 13.8. The van der Waals surface area contributed by atoms with Crippen molar-refractivity contribution in [3.05, 3.63) is 48.0 Å². The first-order valence-corrected chi connectivity index (χ1v) is 6.69. The van der Waals surface area contributed by atoms with Crippen LogP contribution in [-0.4, -0.2) is 21.2 Å². The fourth-order valence-corrected chi connectivity index (χ4v) is 2.42. The van der Waals surface area contributed by atoms with Crippen LogP contribution in [0.15, 0.2) is 36.7 Å². The normalized spacial score (nSPS) is 16.5. The molecule has 0 spiro atoms. The average molecular weight is 273 g/mol. The molecule has 1 N–H and O–H groups in total. The third-order valence-corrected chi connectivity index (χ3v) is 3.83. The SMILES string of the molecule is CC1(NC(=O)c2ccc(F)c(-n3cccn3)c2)CCC1. The minimum atomic E-state index is -0.403. The Bertz CT molecular complexity index is 633. The first-order chi connectivity index (χ1) is 9.57. The number of benzene rings is 1. The number of aromatic nitrogens is 2. The van der Waals surface area contributed by atoms with E-state index in [9.17, 15) is 9.18 Å². The number of carbonyl (C=O) groups is 1. The maximum Gasteiger partial charge on any atom is 0.251 e. The van der Waals surface area contributed by atoms with Gasteiger partial charge in [0.15, 0.2) is 0 Å². The van der Waals surface area contributed by atoms with Crippen molar-refractivity contribution in [1.29, 1.82) is 0 Å². The van der Waals surface area contributed by atoms with Crippen LogP contribution < -0.4 is 5.32 Å². The van der Waals surface area contributed by atoms with E-state index in [0.29, 0.717) is 5.56 Å². The molecule has 2 aromatic rings. The zero-order valence-electron chi connectivity index (χ0n) is 11.3. The van der Waals surface area contributed by atoms with Gasteiger partial charge in [0.05, 0.1) is 0 Å². The zero-order valence-corrected chi connectivity index (χ0v) is 11.3. The summed E-state index contributed by atoms with van der Waals surface area (Å²) in [4.78, 5) is 12.2. The molecule has 0 bridgehead atoms. The quantitative estimate of drug-likeness (QED) is 0.934. The highest BCUT2D eigenvalue weighted by atomic mass is 19.1. The lowest BCUT2D eigenvalue weighted by Crippen LogP contribution is -2.50. The summed E-state index contributed by atoms with van der Waals surface area (Å²) in [5, 5.41) is 7.00. The van der Waals surface area contributed by atoms with E-state index in [2.05, 4.69) is 10.4 Å². The highest BCUT2D eigenvalue weighted by molar-refractivity contribution is 5.95. The molecule has 1 aromatic heterocycles. The Balaban J connectivity index is 1.87. The van der Waals surface area contributed by atoms with Crippen molar-refractivity contribution in [3.8, 4) is 5.69 Å². The van der Waals surface area contributed by atoms with E-state index in [-0.39, 0.29) is 17.1 Å². The molecule has 1 aliphatic rings. The predicted molar refractivity (Wildman–Crippen MR) is 73.2 cm³/mol. The molecule has 104 valence electrons. The number of hydrogen-bond donors (Lipinski definition) is 1. The van der Waals surface area contributed by atoms with E-state index in [1.54, 1.807) is 18.5 Å². The van der Waals surface area contributed by atoms with Crippen LogP contribution in [0, 0.1) is 5.82 Å². The second-order valence-corrected chi connectivity index (χ2v) is 5.49. The van der Waals surface area contributed by atoms with Crippen molar-refractivity contribution in [2.45, 2.75) is 31.7 Å². The summed E-state index contributed by atoms with van der Waals surface area (Å²) < 4.78 is 15.2. The minimum absolute atomic E-state index is 0.114. The molecule has 0 unspecified atom stereocenters. The van der Waals surface area contributed by atoms with Crippen molar-refractivity contribution in [1.82, 2.24) is 15.1 Å². The lowest BCUT2D eigenvalue weighted by molar-refractivity contribution is 0.0850. The number of nitrogens with zero attached hydrogens (tertiary/aromatic N) is 2. The second kappa shape index (κ2) is 4.74. The Labute approximate surface area is 116 Å². The van der Waals surface area contributed by atoms with Gasteiger partial charge >= 0.3 is 0 Å². The van der Waals surface area contributed by atoms with Gasteiger partial charge in [-0.15, -0.1) is 0 Å². The Kier molecular flexibility index (Phi) is 3.04. The monoisotopic (exact) mass is 273 g/mol. The molecule has 3 rings (SSSR count). The third kappa shape index (κ3) is 2.31. The average Bonchev–Trinajstić information content (AvgIpc) is 2.91. The van der Waals surface area contributed by atoms with Gasteiger partial charge < -0.3 is 5.32 Å². The summed E-state index contributed by atoms with van der Waals surface area (Å²) in [7, 11) is 0. The largest absolute Gasteiger partial charge is 0.347 e. The molecule has 5 heteroatoms. The number of amides is 1. The molecule has 0 radical (unpaired) electrons. The van der Waals surface area contributed by atoms with Gasteiger partial charge in [-0.1, -0.05) is 0 Å². The molecule has 1 heterocycles. The first-order valence-electron chi connectivity index (χ1n) is 6.69. The first kappa shape index (κ1) is 12.8. The van der Waals surface area contributed by atoms with E-state index >= 15 is 0 Å². The van der Waals surface area contributed by atoms with Crippen molar-refractivity contribution in [3.63, 3.8) is 0 Å². The van der Waals surface area contributed by atoms with Gasteiger partial charge in [0.2, 0.25) is 0 Å². The zero-order chi connectivity index (χ0) is 14.2. The highest BCUT2D eigenvalue weighted by Crippen LogP contribution is 2.31. The van der Waals surface area contributed by atoms with Crippen LogP contribution in [0.25, 0.3) is 5.69 Å². The summed E-state index contributed by atoms with van der Waals surface area (Å²) in [5.41, 5.74) is 0.614. The molecule has 1 aliphatic carbocycles. The molecule has 0 saturated heterocycles. The van der Waals surface area contributed by atoms with E-state index in [1.807, 2.05) is 6.92 Å². The summed E-state index contributed by atoms with van der Waals surface area (Å²) >= 11 is 0.